The van der Waals surface area contributed by atoms with Gasteiger partial charge in [-0.3, -0.25) is 0 Å². The monoisotopic (exact) mass is 265 g/mol. The van der Waals surface area contributed by atoms with Gasteiger partial charge in [0.05, 0.1) is 0 Å². The second kappa shape index (κ2) is 7.30. The lowest BCUT2D eigenvalue weighted by Gasteiger charge is -2.19. The molecular formula is C16H27NS. The van der Waals surface area contributed by atoms with Crippen molar-refractivity contribution in [3.05, 3.63) is 22.4 Å². The van der Waals surface area contributed by atoms with Gasteiger partial charge in [-0.05, 0) is 49.0 Å². The molecule has 1 saturated carbocycles. The van der Waals surface area contributed by atoms with Crippen LogP contribution < -0.4 is 5.32 Å². The zero-order valence-electron chi connectivity index (χ0n) is 11.8. The smallest absolute Gasteiger partial charge is 0.00673 e. The van der Waals surface area contributed by atoms with Crippen LogP contribution in [0.2, 0.25) is 0 Å². The van der Waals surface area contributed by atoms with E-state index in [1.165, 1.54) is 43.4 Å². The predicted molar refractivity (Wildman–Crippen MR) is 81.2 cm³/mol. The summed E-state index contributed by atoms with van der Waals surface area (Å²) >= 11 is 1.88. The zero-order valence-corrected chi connectivity index (χ0v) is 12.6. The van der Waals surface area contributed by atoms with Crippen LogP contribution in [-0.4, -0.2) is 12.6 Å². The molecule has 2 atom stereocenters. The van der Waals surface area contributed by atoms with Crippen molar-refractivity contribution >= 4 is 11.3 Å². The first-order valence-corrected chi connectivity index (χ1v) is 8.39. The van der Waals surface area contributed by atoms with Crippen molar-refractivity contribution in [3.63, 3.8) is 0 Å². The second-order valence-corrected chi connectivity index (χ2v) is 7.03. The molecule has 0 aromatic carbocycles. The zero-order chi connectivity index (χ0) is 12.8. The molecule has 1 nitrogen and oxygen atoms in total. The number of rotatable bonds is 5. The maximum absolute atomic E-state index is 3.77. The number of hydrogen-bond acceptors (Lipinski definition) is 2. The van der Waals surface area contributed by atoms with Gasteiger partial charge in [0.15, 0.2) is 0 Å². The van der Waals surface area contributed by atoms with Crippen LogP contribution in [0.3, 0.4) is 0 Å². The molecule has 1 aliphatic rings. The summed E-state index contributed by atoms with van der Waals surface area (Å²) in [6.07, 6.45) is 8.25. The highest BCUT2D eigenvalue weighted by Gasteiger charge is 2.20. The molecule has 1 aliphatic carbocycles. The third kappa shape index (κ3) is 4.40. The molecule has 1 N–H and O–H groups in total. The molecule has 0 aliphatic heterocycles. The third-order valence-corrected chi connectivity index (χ3v) is 5.28. The van der Waals surface area contributed by atoms with Crippen molar-refractivity contribution in [2.24, 2.45) is 11.8 Å². The molecule has 2 rings (SSSR count). The van der Waals surface area contributed by atoms with E-state index in [4.69, 9.17) is 0 Å². The van der Waals surface area contributed by atoms with E-state index in [2.05, 4.69) is 36.7 Å². The highest BCUT2D eigenvalue weighted by atomic mass is 32.1. The van der Waals surface area contributed by atoms with Crippen LogP contribution >= 0.6 is 11.3 Å². The third-order valence-electron chi connectivity index (χ3n) is 4.34. The van der Waals surface area contributed by atoms with Gasteiger partial charge in [-0.25, -0.2) is 0 Å². The van der Waals surface area contributed by atoms with Crippen LogP contribution in [0.15, 0.2) is 17.5 Å². The van der Waals surface area contributed by atoms with E-state index < -0.39 is 0 Å². The molecule has 1 fully saturated rings. The Kier molecular flexibility index (Phi) is 5.71. The summed E-state index contributed by atoms with van der Waals surface area (Å²) in [4.78, 5) is 1.51. The van der Waals surface area contributed by atoms with E-state index in [1.807, 2.05) is 11.3 Å². The normalized spacial score (nSPS) is 25.3. The van der Waals surface area contributed by atoms with E-state index in [1.54, 1.807) is 0 Å². The van der Waals surface area contributed by atoms with Gasteiger partial charge in [0.1, 0.15) is 0 Å². The second-order valence-electron chi connectivity index (χ2n) is 5.99. The number of nitrogens with one attached hydrogen (secondary N) is 1. The minimum absolute atomic E-state index is 0.772. The molecule has 0 radical (unpaired) electrons. The highest BCUT2D eigenvalue weighted by Crippen LogP contribution is 2.28. The first-order chi connectivity index (χ1) is 8.75. The van der Waals surface area contributed by atoms with E-state index in [-0.39, 0.29) is 0 Å². The largest absolute Gasteiger partial charge is 0.314 e. The standard InChI is InChI=1S/C16H27NS/c1-13(2)14-5-3-6-15(9-8-14)17-11-10-16-7-4-12-18-16/h4,7,12-15,17H,3,5-6,8-11H2,1-2H3. The average molecular weight is 265 g/mol. The van der Waals surface area contributed by atoms with E-state index >= 15 is 0 Å². The Balaban J connectivity index is 1.67. The minimum atomic E-state index is 0.772. The Bertz CT molecular complexity index is 318. The molecule has 2 unspecified atom stereocenters. The summed E-state index contributed by atoms with van der Waals surface area (Å²) in [6, 6.07) is 5.17. The van der Waals surface area contributed by atoms with Gasteiger partial charge in [-0.1, -0.05) is 32.8 Å². The molecular weight excluding hydrogens is 238 g/mol. The van der Waals surface area contributed by atoms with Crippen LogP contribution in [0, 0.1) is 11.8 Å². The van der Waals surface area contributed by atoms with Crippen molar-refractivity contribution in [1.29, 1.82) is 0 Å². The fourth-order valence-corrected chi connectivity index (χ4v) is 3.76. The molecule has 0 amide bonds. The number of hydrogen-bond donors (Lipinski definition) is 1. The lowest BCUT2D eigenvalue weighted by Crippen LogP contribution is -2.30. The van der Waals surface area contributed by atoms with Crippen LogP contribution in [0.1, 0.15) is 50.8 Å². The Morgan fingerprint density at radius 3 is 2.89 bits per heavy atom. The summed E-state index contributed by atoms with van der Waals surface area (Å²) in [5.74, 6) is 1.84. The van der Waals surface area contributed by atoms with Crippen molar-refractivity contribution in [3.8, 4) is 0 Å². The Hall–Kier alpha value is -0.340. The first kappa shape index (κ1) is 14.1. The molecule has 1 heterocycles. The minimum Gasteiger partial charge on any atom is -0.314 e. The van der Waals surface area contributed by atoms with Gasteiger partial charge >= 0.3 is 0 Å². The van der Waals surface area contributed by atoms with Gasteiger partial charge in [-0.2, -0.15) is 0 Å². The van der Waals surface area contributed by atoms with Crippen LogP contribution in [0.25, 0.3) is 0 Å². The summed E-state index contributed by atoms with van der Waals surface area (Å²) < 4.78 is 0. The molecule has 0 spiro atoms. The average Bonchev–Trinajstić information content (AvgIpc) is 2.73. The van der Waals surface area contributed by atoms with Gasteiger partial charge < -0.3 is 5.32 Å². The Morgan fingerprint density at radius 2 is 2.17 bits per heavy atom. The van der Waals surface area contributed by atoms with Crippen molar-refractivity contribution in [2.45, 2.75) is 58.4 Å². The maximum atomic E-state index is 3.77. The Labute approximate surface area is 116 Å². The quantitative estimate of drug-likeness (QED) is 0.774. The molecule has 0 saturated heterocycles. The van der Waals surface area contributed by atoms with Gasteiger partial charge in [0, 0.05) is 17.5 Å². The van der Waals surface area contributed by atoms with Gasteiger partial charge in [0.2, 0.25) is 0 Å². The van der Waals surface area contributed by atoms with Gasteiger partial charge in [0.25, 0.3) is 0 Å². The first-order valence-electron chi connectivity index (χ1n) is 7.51. The predicted octanol–water partition coefficient (Wildman–Crippen LogP) is 4.49. The van der Waals surface area contributed by atoms with Crippen molar-refractivity contribution < 1.29 is 0 Å². The summed E-state index contributed by atoms with van der Waals surface area (Å²) in [5, 5.41) is 5.94. The molecule has 102 valence electrons. The summed E-state index contributed by atoms with van der Waals surface area (Å²) in [5.41, 5.74) is 0. The summed E-state index contributed by atoms with van der Waals surface area (Å²) in [6.45, 7) is 5.92. The topological polar surface area (TPSA) is 12.0 Å². The number of thiophene rings is 1. The fraction of sp³-hybridized carbons (Fsp3) is 0.750. The van der Waals surface area contributed by atoms with Crippen LogP contribution in [0.5, 0.6) is 0 Å². The van der Waals surface area contributed by atoms with E-state index in [0.29, 0.717) is 0 Å². The molecule has 0 bridgehead atoms. The molecule has 1 aromatic rings. The lowest BCUT2D eigenvalue weighted by molar-refractivity contribution is 0.338. The van der Waals surface area contributed by atoms with Crippen molar-refractivity contribution in [2.75, 3.05) is 6.54 Å². The van der Waals surface area contributed by atoms with E-state index in [9.17, 15) is 0 Å². The maximum Gasteiger partial charge on any atom is 0.00673 e. The SMILES string of the molecule is CC(C)C1CCCC(NCCc2cccs2)CC1. The lowest BCUT2D eigenvalue weighted by atomic mass is 9.89. The molecule has 2 heteroatoms. The van der Waals surface area contributed by atoms with Crippen LogP contribution in [-0.2, 0) is 6.42 Å². The highest BCUT2D eigenvalue weighted by molar-refractivity contribution is 7.09. The fourth-order valence-electron chi connectivity index (χ4n) is 3.06. The summed E-state index contributed by atoms with van der Waals surface area (Å²) in [7, 11) is 0. The van der Waals surface area contributed by atoms with Gasteiger partial charge in [-0.15, -0.1) is 11.3 Å². The Morgan fingerprint density at radius 1 is 1.28 bits per heavy atom. The molecule has 18 heavy (non-hydrogen) atoms. The van der Waals surface area contributed by atoms with E-state index in [0.717, 1.165) is 24.4 Å². The van der Waals surface area contributed by atoms with Crippen LogP contribution in [0.4, 0.5) is 0 Å². The van der Waals surface area contributed by atoms with Crippen molar-refractivity contribution in [1.82, 2.24) is 5.32 Å². The molecule has 1 aromatic heterocycles.